The van der Waals surface area contributed by atoms with E-state index in [1.165, 1.54) is 35.4 Å². The van der Waals surface area contributed by atoms with E-state index in [9.17, 15) is 0 Å². The minimum Gasteiger partial charge on any atom is -0.323 e. The molecular weight excluding hydrogens is 592 g/mol. The van der Waals surface area contributed by atoms with Gasteiger partial charge in [-0.2, -0.15) is 0 Å². The normalized spacial score (nSPS) is 11.8. The summed E-state index contributed by atoms with van der Waals surface area (Å²) < 4.78 is 4.61. The molecule has 0 aliphatic rings. The van der Waals surface area contributed by atoms with E-state index in [1.54, 1.807) is 22.7 Å². The summed E-state index contributed by atoms with van der Waals surface area (Å²) >= 11 is 3.53. The Morgan fingerprint density at radius 3 is 1.35 bits per heavy atom. The van der Waals surface area contributed by atoms with Crippen LogP contribution in [0.25, 0.3) is 0 Å². The summed E-state index contributed by atoms with van der Waals surface area (Å²) in [6.07, 6.45) is 9.25. The molecule has 0 unspecified atom stereocenters. The number of hydrogen-bond acceptors (Lipinski definition) is 4. The van der Waals surface area contributed by atoms with Crippen LogP contribution in [0, 0.1) is 13.8 Å². The van der Waals surface area contributed by atoms with Gasteiger partial charge in [-0.1, -0.05) is 49.2 Å². The molecule has 2 heterocycles. The van der Waals surface area contributed by atoms with Crippen LogP contribution in [0.15, 0.2) is 83.0 Å². The van der Waals surface area contributed by atoms with Gasteiger partial charge < -0.3 is 9.13 Å². The van der Waals surface area contributed by atoms with E-state index in [-0.39, 0.29) is 34.0 Å². The summed E-state index contributed by atoms with van der Waals surface area (Å²) in [4.78, 5) is 14.4. The summed E-state index contributed by atoms with van der Waals surface area (Å²) in [5.41, 5.74) is 2.03. The fraction of sp³-hybridized carbons (Fsp3) is 0.308. The van der Waals surface area contributed by atoms with Crippen molar-refractivity contribution >= 4 is 68.0 Å². The molecule has 8 heteroatoms. The highest BCUT2D eigenvalue weighted by atomic mass is 79.9. The van der Waals surface area contributed by atoms with Gasteiger partial charge in [-0.25, -0.2) is 9.98 Å². The van der Waals surface area contributed by atoms with Gasteiger partial charge in [-0.05, 0) is 51.0 Å². The maximum absolute atomic E-state index is 4.83. The molecule has 0 atom stereocenters. The summed E-state index contributed by atoms with van der Waals surface area (Å²) in [5, 5.41) is 0. The quantitative estimate of drug-likeness (QED) is 0.170. The third-order valence-corrected chi connectivity index (χ3v) is 7.05. The first-order valence-corrected chi connectivity index (χ1v) is 12.8. The van der Waals surface area contributed by atoms with Crippen LogP contribution in [0.5, 0.6) is 0 Å². The van der Waals surface area contributed by atoms with Gasteiger partial charge in [0.1, 0.15) is 0 Å². The Kier molecular flexibility index (Phi) is 12.2. The molecule has 0 saturated carbocycles. The SMILES string of the molecule is Br.Br.Cc1cn(CCCCCCn2cc(C)sc2=Nc2ccccc2)c(=Nc2ccccc2)s1. The largest absolute Gasteiger partial charge is 0.323 e. The number of nitrogens with zero attached hydrogens (tertiary/aromatic N) is 4. The van der Waals surface area contributed by atoms with Crippen LogP contribution in [0.1, 0.15) is 35.4 Å². The van der Waals surface area contributed by atoms with Crippen molar-refractivity contribution in [2.45, 2.75) is 52.6 Å². The molecule has 0 fully saturated rings. The van der Waals surface area contributed by atoms with Crippen LogP contribution in [0.2, 0.25) is 0 Å². The monoisotopic (exact) mass is 622 g/mol. The maximum Gasteiger partial charge on any atom is 0.190 e. The number of rotatable bonds is 9. The van der Waals surface area contributed by atoms with Gasteiger partial charge in [0, 0.05) is 35.2 Å². The topological polar surface area (TPSA) is 34.6 Å². The Hall–Kier alpha value is -1.74. The minimum atomic E-state index is 0. The number of benzene rings is 2. The van der Waals surface area contributed by atoms with E-state index in [4.69, 9.17) is 9.98 Å². The van der Waals surface area contributed by atoms with Crippen molar-refractivity contribution in [3.63, 3.8) is 0 Å². The number of aryl methyl sites for hydroxylation is 4. The van der Waals surface area contributed by atoms with E-state index in [0.717, 1.165) is 34.1 Å². The number of aromatic nitrogens is 2. The van der Waals surface area contributed by atoms with Gasteiger partial charge in [-0.3, -0.25) is 0 Å². The second-order valence-corrected chi connectivity index (χ2v) is 10.4. The summed E-state index contributed by atoms with van der Waals surface area (Å²) in [6.45, 7) is 6.36. The van der Waals surface area contributed by atoms with E-state index in [1.807, 2.05) is 36.4 Å². The van der Waals surface area contributed by atoms with Crippen molar-refractivity contribution in [1.29, 1.82) is 0 Å². The Labute approximate surface area is 230 Å². The van der Waals surface area contributed by atoms with Crippen LogP contribution in [0.4, 0.5) is 11.4 Å². The van der Waals surface area contributed by atoms with Gasteiger partial charge in [0.2, 0.25) is 0 Å². The third kappa shape index (κ3) is 8.48. The van der Waals surface area contributed by atoms with Crippen molar-refractivity contribution in [3.8, 4) is 0 Å². The molecule has 34 heavy (non-hydrogen) atoms. The summed E-state index contributed by atoms with van der Waals surface area (Å²) in [7, 11) is 0. The standard InChI is InChI=1S/C26H30N4S2.2BrH/c1-21-19-29(25(31-21)27-23-13-7-5-8-14-23)17-11-3-4-12-18-30-20-22(2)32-26(30)28-24-15-9-6-10-16-24;;/h5-10,13-16,19-20H,3-4,11-12,17-18H2,1-2H3;2*1H. The number of thiazole rings is 2. The lowest BCUT2D eigenvalue weighted by molar-refractivity contribution is 0.531. The van der Waals surface area contributed by atoms with Crippen LogP contribution in [-0.4, -0.2) is 9.13 Å². The van der Waals surface area contributed by atoms with Gasteiger partial charge in [0.05, 0.1) is 11.4 Å². The van der Waals surface area contributed by atoms with Gasteiger partial charge >= 0.3 is 0 Å². The highest BCUT2D eigenvalue weighted by Crippen LogP contribution is 2.13. The lowest BCUT2D eigenvalue weighted by Gasteiger charge is -2.05. The molecule has 2 aromatic carbocycles. The molecule has 4 aromatic rings. The van der Waals surface area contributed by atoms with Crippen LogP contribution < -0.4 is 9.60 Å². The molecule has 0 spiro atoms. The van der Waals surface area contributed by atoms with Crippen molar-refractivity contribution in [2.24, 2.45) is 9.98 Å². The highest BCUT2D eigenvalue weighted by molar-refractivity contribution is 8.93. The molecule has 0 amide bonds. The molecule has 2 aromatic heterocycles. The highest BCUT2D eigenvalue weighted by Gasteiger charge is 2.02. The lowest BCUT2D eigenvalue weighted by Crippen LogP contribution is -2.14. The molecule has 0 radical (unpaired) electrons. The number of unbranched alkanes of at least 4 members (excludes halogenated alkanes) is 3. The minimum absolute atomic E-state index is 0. The summed E-state index contributed by atoms with van der Waals surface area (Å²) in [5.74, 6) is 0. The van der Waals surface area contributed by atoms with Crippen molar-refractivity contribution < 1.29 is 0 Å². The predicted molar refractivity (Wildman–Crippen MR) is 157 cm³/mol. The number of halogens is 2. The first-order chi connectivity index (χ1) is 15.7. The zero-order chi connectivity index (χ0) is 22.2. The molecule has 0 bridgehead atoms. The molecule has 4 rings (SSSR count). The molecule has 0 N–H and O–H groups in total. The fourth-order valence-corrected chi connectivity index (χ4v) is 5.41. The summed E-state index contributed by atoms with van der Waals surface area (Å²) in [6, 6.07) is 20.4. The molecule has 0 aliphatic heterocycles. The second kappa shape index (κ2) is 14.6. The number of hydrogen-bond donors (Lipinski definition) is 0. The molecule has 4 nitrogen and oxygen atoms in total. The Balaban J connectivity index is 0.00000204. The first kappa shape index (κ1) is 28.5. The van der Waals surface area contributed by atoms with Crippen molar-refractivity contribution in [1.82, 2.24) is 9.13 Å². The van der Waals surface area contributed by atoms with Crippen LogP contribution in [0.3, 0.4) is 0 Å². The van der Waals surface area contributed by atoms with E-state index < -0.39 is 0 Å². The van der Waals surface area contributed by atoms with Gasteiger partial charge in [0.15, 0.2) is 9.60 Å². The molecule has 0 saturated heterocycles. The van der Waals surface area contributed by atoms with Crippen LogP contribution >= 0.6 is 56.6 Å². The maximum atomic E-state index is 4.83. The van der Waals surface area contributed by atoms with Crippen molar-refractivity contribution in [3.05, 3.63) is 92.4 Å². The molecular formula is C26H32Br2N4S2. The average molecular weight is 625 g/mol. The zero-order valence-electron chi connectivity index (χ0n) is 19.6. The molecule has 0 aliphatic carbocycles. The van der Waals surface area contributed by atoms with Crippen LogP contribution in [-0.2, 0) is 13.1 Å². The van der Waals surface area contributed by atoms with Crippen molar-refractivity contribution in [2.75, 3.05) is 0 Å². The first-order valence-electron chi connectivity index (χ1n) is 11.2. The van der Waals surface area contributed by atoms with E-state index in [2.05, 4.69) is 59.6 Å². The lowest BCUT2D eigenvalue weighted by atomic mass is 10.2. The smallest absolute Gasteiger partial charge is 0.190 e. The van der Waals surface area contributed by atoms with Gasteiger partial charge in [-0.15, -0.1) is 56.6 Å². The third-order valence-electron chi connectivity index (χ3n) is 5.18. The van der Waals surface area contributed by atoms with E-state index >= 15 is 0 Å². The zero-order valence-corrected chi connectivity index (χ0v) is 24.7. The number of para-hydroxylation sites is 2. The Morgan fingerprint density at radius 1 is 0.588 bits per heavy atom. The molecule has 182 valence electrons. The predicted octanol–water partition coefficient (Wildman–Crippen LogP) is 7.91. The Morgan fingerprint density at radius 2 is 0.971 bits per heavy atom. The Bertz CT molecular complexity index is 1160. The van der Waals surface area contributed by atoms with E-state index in [0.29, 0.717) is 0 Å². The second-order valence-electron chi connectivity index (χ2n) is 7.94. The average Bonchev–Trinajstić information content (AvgIpc) is 3.32. The fourth-order valence-electron chi connectivity index (χ4n) is 3.65. The van der Waals surface area contributed by atoms with Gasteiger partial charge in [0.25, 0.3) is 0 Å².